The van der Waals surface area contributed by atoms with Crippen molar-refractivity contribution in [2.24, 2.45) is 5.73 Å². The van der Waals surface area contributed by atoms with Crippen LogP contribution in [0, 0.1) is 16.7 Å². The lowest BCUT2D eigenvalue weighted by Gasteiger charge is -1.90. The first-order valence-corrected chi connectivity index (χ1v) is 4.52. The topological polar surface area (TPSA) is 125 Å². The molecule has 2 aromatic rings. The third-order valence-electron chi connectivity index (χ3n) is 1.47. The summed E-state index contributed by atoms with van der Waals surface area (Å²) in [5.41, 5.74) is 5.07. The Morgan fingerprint density at radius 1 is 1.06 bits per heavy atom. The van der Waals surface area contributed by atoms with E-state index in [-0.39, 0.29) is 17.5 Å². The van der Waals surface area contributed by atoms with Gasteiger partial charge in [0.05, 0.1) is 0 Å². The first kappa shape index (κ1) is 12.2. The smallest absolute Gasteiger partial charge is 0.232 e. The largest absolute Gasteiger partial charge is 0.381 e. The molecule has 2 aromatic heterocycles. The number of nitrogens with two attached hydrogens (primary N) is 1. The third kappa shape index (κ3) is 4.44. The Labute approximate surface area is 97.5 Å². The average molecular weight is 227 g/mol. The summed E-state index contributed by atoms with van der Waals surface area (Å²) in [5, 5.41) is 15.1. The van der Waals surface area contributed by atoms with Crippen LogP contribution in [0.1, 0.15) is 11.6 Å². The second-order valence-electron chi connectivity index (χ2n) is 2.67. The van der Waals surface area contributed by atoms with Gasteiger partial charge in [0, 0.05) is 24.8 Å². The van der Waals surface area contributed by atoms with Crippen LogP contribution in [0.25, 0.3) is 0 Å². The van der Waals surface area contributed by atoms with Crippen LogP contribution in [0.3, 0.4) is 0 Å². The molecule has 0 radical (unpaired) electrons. The maximum Gasteiger partial charge on any atom is 0.232 e. The van der Waals surface area contributed by atoms with Crippen molar-refractivity contribution in [3.8, 4) is 6.07 Å². The molecule has 0 unspecified atom stereocenters. The summed E-state index contributed by atoms with van der Waals surface area (Å²) in [4.78, 5) is 14.7. The van der Waals surface area contributed by atoms with Crippen molar-refractivity contribution in [2.75, 3.05) is 0 Å². The maximum atomic E-state index is 8.16. The fraction of sp³-hybridized carbons (Fsp3) is 0. The van der Waals surface area contributed by atoms with Gasteiger partial charge in [-0.15, -0.1) is 0 Å². The highest BCUT2D eigenvalue weighted by molar-refractivity contribution is 5.90. The van der Waals surface area contributed by atoms with Crippen LogP contribution >= 0.6 is 0 Å². The molecule has 0 bridgehead atoms. The summed E-state index contributed by atoms with van der Waals surface area (Å²) in [5.74, 6) is 0.389. The molecule has 0 aliphatic heterocycles. The van der Waals surface area contributed by atoms with Crippen molar-refractivity contribution in [3.63, 3.8) is 0 Å². The van der Waals surface area contributed by atoms with Gasteiger partial charge in [0.25, 0.3) is 0 Å². The molecule has 7 nitrogen and oxygen atoms in total. The predicted octanol–water partition coefficient (Wildman–Crippen LogP) is 0.109. The molecular weight excluding hydrogens is 218 g/mol. The van der Waals surface area contributed by atoms with E-state index in [4.69, 9.17) is 16.4 Å². The molecule has 0 aliphatic rings. The van der Waals surface area contributed by atoms with E-state index >= 15 is 0 Å². The highest BCUT2D eigenvalue weighted by Gasteiger charge is 1.93. The molecule has 2 heterocycles. The summed E-state index contributed by atoms with van der Waals surface area (Å²) in [6.07, 6.45) is 6.16. The van der Waals surface area contributed by atoms with Gasteiger partial charge < -0.3 is 5.73 Å². The first-order valence-electron chi connectivity index (χ1n) is 4.52. The SMILES string of the molecule is N#Cc1ncccn1.N=C(N)c1ncccn1. The van der Waals surface area contributed by atoms with Crippen LogP contribution in [-0.4, -0.2) is 25.8 Å². The van der Waals surface area contributed by atoms with E-state index in [0.29, 0.717) is 0 Å². The van der Waals surface area contributed by atoms with Crippen molar-refractivity contribution < 1.29 is 0 Å². The Balaban J connectivity index is 0.000000171. The van der Waals surface area contributed by atoms with Crippen LogP contribution in [0.4, 0.5) is 0 Å². The molecule has 0 amide bonds. The summed E-state index contributed by atoms with van der Waals surface area (Å²) >= 11 is 0. The standard InChI is InChI=1S/C5H6N4.C5H3N3/c6-4(7)5-8-2-1-3-9-5;6-4-5-7-2-1-3-8-5/h1-3H,(H3,6,7);1-3H. The summed E-state index contributed by atoms with van der Waals surface area (Å²) in [6, 6.07) is 5.15. The van der Waals surface area contributed by atoms with E-state index in [0.717, 1.165) is 0 Å². The van der Waals surface area contributed by atoms with Crippen molar-refractivity contribution in [2.45, 2.75) is 0 Å². The molecule has 0 aromatic carbocycles. The monoisotopic (exact) mass is 227 g/mol. The molecule has 0 atom stereocenters. The zero-order chi connectivity index (χ0) is 12.5. The van der Waals surface area contributed by atoms with Gasteiger partial charge in [-0.05, 0) is 12.1 Å². The lowest BCUT2D eigenvalue weighted by molar-refractivity contribution is 1.11. The highest BCUT2D eigenvalue weighted by atomic mass is 14.9. The van der Waals surface area contributed by atoms with E-state index in [9.17, 15) is 0 Å². The fourth-order valence-electron chi connectivity index (χ4n) is 0.795. The Kier molecular flexibility index (Phi) is 4.72. The quantitative estimate of drug-likeness (QED) is 0.526. The lowest BCUT2D eigenvalue weighted by atomic mass is 10.5. The zero-order valence-electron chi connectivity index (χ0n) is 8.78. The van der Waals surface area contributed by atoms with E-state index in [1.165, 1.54) is 12.4 Å². The van der Waals surface area contributed by atoms with Gasteiger partial charge in [0.1, 0.15) is 6.07 Å². The Morgan fingerprint density at radius 3 is 1.82 bits per heavy atom. The molecule has 17 heavy (non-hydrogen) atoms. The van der Waals surface area contributed by atoms with Crippen LogP contribution in [0.5, 0.6) is 0 Å². The Hall–Kier alpha value is -2.88. The molecular formula is C10H9N7. The van der Waals surface area contributed by atoms with Crippen LogP contribution < -0.4 is 5.73 Å². The second-order valence-corrected chi connectivity index (χ2v) is 2.67. The molecule has 0 aliphatic carbocycles. The van der Waals surface area contributed by atoms with Crippen molar-refractivity contribution in [1.82, 2.24) is 19.9 Å². The number of amidine groups is 1. The molecule has 0 saturated heterocycles. The molecule has 7 heteroatoms. The fourth-order valence-corrected chi connectivity index (χ4v) is 0.795. The van der Waals surface area contributed by atoms with Crippen molar-refractivity contribution in [1.29, 1.82) is 10.7 Å². The zero-order valence-corrected chi connectivity index (χ0v) is 8.78. The summed E-state index contributed by atoms with van der Waals surface area (Å²) in [7, 11) is 0. The number of nitrogens with one attached hydrogen (secondary N) is 1. The average Bonchev–Trinajstić information content (AvgIpc) is 2.41. The van der Waals surface area contributed by atoms with Crippen molar-refractivity contribution >= 4 is 5.84 Å². The van der Waals surface area contributed by atoms with Gasteiger partial charge in [-0.1, -0.05) is 0 Å². The summed E-state index contributed by atoms with van der Waals surface area (Å²) in [6.45, 7) is 0. The van der Waals surface area contributed by atoms with E-state index in [2.05, 4.69) is 19.9 Å². The lowest BCUT2D eigenvalue weighted by Crippen LogP contribution is -2.14. The third-order valence-corrected chi connectivity index (χ3v) is 1.47. The highest BCUT2D eigenvalue weighted by Crippen LogP contribution is 1.82. The van der Waals surface area contributed by atoms with Gasteiger partial charge in [-0.2, -0.15) is 5.26 Å². The summed E-state index contributed by atoms with van der Waals surface area (Å²) < 4.78 is 0. The van der Waals surface area contributed by atoms with Crippen molar-refractivity contribution in [3.05, 3.63) is 48.6 Å². The number of rotatable bonds is 1. The van der Waals surface area contributed by atoms with Crippen LogP contribution in [-0.2, 0) is 0 Å². The Morgan fingerprint density at radius 2 is 1.53 bits per heavy atom. The molecule has 0 spiro atoms. The van der Waals surface area contributed by atoms with Gasteiger partial charge in [-0.3, -0.25) is 5.41 Å². The minimum absolute atomic E-state index is 0.101. The number of nitrogens with zero attached hydrogens (tertiary/aromatic N) is 5. The van der Waals surface area contributed by atoms with E-state index < -0.39 is 0 Å². The van der Waals surface area contributed by atoms with Gasteiger partial charge in [-0.25, -0.2) is 19.9 Å². The number of aromatic nitrogens is 4. The minimum Gasteiger partial charge on any atom is -0.381 e. The normalized spacial score (nSPS) is 8.41. The Bertz CT molecular complexity index is 503. The van der Waals surface area contributed by atoms with Crippen LogP contribution in [0.15, 0.2) is 36.9 Å². The maximum absolute atomic E-state index is 8.16. The van der Waals surface area contributed by atoms with E-state index in [1.807, 2.05) is 0 Å². The minimum atomic E-state index is -0.101. The first-order chi connectivity index (χ1) is 8.24. The van der Waals surface area contributed by atoms with Gasteiger partial charge in [0.15, 0.2) is 11.7 Å². The van der Waals surface area contributed by atoms with E-state index in [1.54, 1.807) is 30.6 Å². The molecule has 84 valence electrons. The van der Waals surface area contributed by atoms with Crippen LogP contribution in [0.2, 0.25) is 0 Å². The number of hydrogen-bond donors (Lipinski definition) is 2. The number of hydrogen-bond acceptors (Lipinski definition) is 6. The second kappa shape index (κ2) is 6.58. The van der Waals surface area contributed by atoms with Gasteiger partial charge >= 0.3 is 0 Å². The predicted molar refractivity (Wildman–Crippen MR) is 59.8 cm³/mol. The number of nitriles is 1. The molecule has 3 N–H and O–H groups in total. The molecule has 2 rings (SSSR count). The van der Waals surface area contributed by atoms with Gasteiger partial charge in [0.2, 0.25) is 5.82 Å². The molecule has 0 saturated carbocycles. The molecule has 0 fully saturated rings. The number of nitrogen functional groups attached to an aromatic ring is 1.